The van der Waals surface area contributed by atoms with Crippen molar-refractivity contribution in [2.75, 3.05) is 70.5 Å². The Hall–Kier alpha value is -1.10. The van der Waals surface area contributed by atoms with Gasteiger partial charge in [0.15, 0.2) is 0 Å². The molecule has 3 heterocycles. The molecule has 3 aliphatic heterocycles. The highest BCUT2D eigenvalue weighted by Crippen LogP contribution is 2.26. The second kappa shape index (κ2) is 7.85. The molecule has 0 saturated carbocycles. The van der Waals surface area contributed by atoms with Gasteiger partial charge in [-0.05, 0) is 36.8 Å². The number of fused-ring (bicyclic) bond motifs is 1. The molecule has 0 N–H and O–H groups in total. The summed E-state index contributed by atoms with van der Waals surface area (Å²) in [6.07, 6.45) is 3.80. The van der Waals surface area contributed by atoms with E-state index < -0.39 is 0 Å². The Kier molecular flexibility index (Phi) is 5.36. The van der Waals surface area contributed by atoms with Gasteiger partial charge >= 0.3 is 0 Å². The van der Waals surface area contributed by atoms with E-state index in [9.17, 15) is 0 Å². The van der Waals surface area contributed by atoms with E-state index in [-0.39, 0.29) is 0 Å². The van der Waals surface area contributed by atoms with Gasteiger partial charge in [-0.15, -0.1) is 0 Å². The molecule has 1 aromatic rings. The van der Waals surface area contributed by atoms with Crippen LogP contribution in [0.1, 0.15) is 18.4 Å². The van der Waals surface area contributed by atoms with Crippen LogP contribution in [0.2, 0.25) is 0 Å². The maximum atomic E-state index is 5.51. The Morgan fingerprint density at radius 2 is 1.79 bits per heavy atom. The molecule has 4 heteroatoms. The van der Waals surface area contributed by atoms with E-state index >= 15 is 0 Å². The SMILES string of the molecule is c1ccc2c(c1)CCCN2CCN1CCN(C[C@@H]2CCOC2)CC1. The molecule has 1 atom stereocenters. The van der Waals surface area contributed by atoms with Gasteiger partial charge in [0.1, 0.15) is 0 Å². The minimum absolute atomic E-state index is 0.779. The zero-order chi connectivity index (χ0) is 16.2. The van der Waals surface area contributed by atoms with Crippen molar-refractivity contribution in [2.24, 2.45) is 5.92 Å². The number of hydrogen-bond donors (Lipinski definition) is 0. The van der Waals surface area contributed by atoms with Crippen LogP contribution < -0.4 is 4.90 Å². The second-order valence-electron chi connectivity index (χ2n) is 7.59. The van der Waals surface area contributed by atoms with Crippen LogP contribution in [0.4, 0.5) is 5.69 Å². The van der Waals surface area contributed by atoms with Gasteiger partial charge in [0.05, 0.1) is 6.61 Å². The van der Waals surface area contributed by atoms with Crippen LogP contribution in [0.15, 0.2) is 24.3 Å². The highest BCUT2D eigenvalue weighted by molar-refractivity contribution is 5.55. The van der Waals surface area contributed by atoms with Crippen LogP contribution in [0, 0.1) is 5.92 Å². The lowest BCUT2D eigenvalue weighted by atomic mass is 10.0. The molecule has 4 nitrogen and oxygen atoms in total. The highest BCUT2D eigenvalue weighted by Gasteiger charge is 2.23. The average molecular weight is 329 g/mol. The van der Waals surface area contributed by atoms with Crippen LogP contribution in [-0.2, 0) is 11.2 Å². The molecule has 132 valence electrons. The molecule has 0 amide bonds. The van der Waals surface area contributed by atoms with Crippen molar-refractivity contribution in [3.63, 3.8) is 0 Å². The third kappa shape index (κ3) is 3.93. The normalized spacial score (nSPS) is 25.8. The van der Waals surface area contributed by atoms with Crippen LogP contribution in [-0.4, -0.2) is 75.4 Å². The molecule has 2 fully saturated rings. The monoisotopic (exact) mass is 329 g/mol. The average Bonchev–Trinajstić information content (AvgIpc) is 3.14. The molecule has 0 aliphatic carbocycles. The molecular formula is C20H31N3O. The zero-order valence-corrected chi connectivity index (χ0v) is 14.8. The van der Waals surface area contributed by atoms with Crippen molar-refractivity contribution in [1.29, 1.82) is 0 Å². The summed E-state index contributed by atoms with van der Waals surface area (Å²) >= 11 is 0. The molecule has 24 heavy (non-hydrogen) atoms. The van der Waals surface area contributed by atoms with Gasteiger partial charge in [0, 0.05) is 64.7 Å². The summed E-state index contributed by atoms with van der Waals surface area (Å²) in [6.45, 7) is 11.7. The summed E-state index contributed by atoms with van der Waals surface area (Å²) in [6, 6.07) is 8.96. The lowest BCUT2D eigenvalue weighted by Crippen LogP contribution is -2.49. The minimum atomic E-state index is 0.779. The number of nitrogens with zero attached hydrogens (tertiary/aromatic N) is 3. The van der Waals surface area contributed by atoms with Gasteiger partial charge in [-0.2, -0.15) is 0 Å². The first-order chi connectivity index (χ1) is 11.9. The molecule has 0 aromatic heterocycles. The van der Waals surface area contributed by atoms with Crippen LogP contribution in [0.3, 0.4) is 0 Å². The second-order valence-corrected chi connectivity index (χ2v) is 7.59. The number of anilines is 1. The first kappa shape index (κ1) is 16.4. The van der Waals surface area contributed by atoms with Gasteiger partial charge < -0.3 is 14.5 Å². The van der Waals surface area contributed by atoms with Gasteiger partial charge in [-0.3, -0.25) is 4.90 Å². The predicted molar refractivity (Wildman–Crippen MR) is 98.8 cm³/mol. The first-order valence-corrected chi connectivity index (χ1v) is 9.74. The minimum Gasteiger partial charge on any atom is -0.381 e. The zero-order valence-electron chi connectivity index (χ0n) is 14.8. The van der Waals surface area contributed by atoms with Crippen molar-refractivity contribution >= 4 is 5.69 Å². The number of benzene rings is 1. The number of aryl methyl sites for hydroxylation is 1. The van der Waals surface area contributed by atoms with Gasteiger partial charge in [0.25, 0.3) is 0 Å². The molecule has 0 unspecified atom stereocenters. The van der Waals surface area contributed by atoms with Crippen molar-refractivity contribution in [2.45, 2.75) is 19.3 Å². The number of ether oxygens (including phenoxy) is 1. The van der Waals surface area contributed by atoms with Crippen molar-refractivity contribution < 1.29 is 4.74 Å². The van der Waals surface area contributed by atoms with Crippen molar-refractivity contribution in [3.8, 4) is 0 Å². The largest absolute Gasteiger partial charge is 0.381 e. The maximum Gasteiger partial charge on any atom is 0.0507 e. The van der Waals surface area contributed by atoms with E-state index in [4.69, 9.17) is 4.74 Å². The maximum absolute atomic E-state index is 5.51. The van der Waals surface area contributed by atoms with E-state index in [2.05, 4.69) is 39.0 Å². The number of piperazine rings is 1. The molecule has 2 saturated heterocycles. The summed E-state index contributed by atoms with van der Waals surface area (Å²) in [5.41, 5.74) is 3.01. The van der Waals surface area contributed by atoms with Gasteiger partial charge in [-0.25, -0.2) is 0 Å². The summed E-state index contributed by atoms with van der Waals surface area (Å²) in [4.78, 5) is 7.89. The number of para-hydroxylation sites is 1. The number of rotatable bonds is 5. The number of hydrogen-bond acceptors (Lipinski definition) is 4. The van der Waals surface area contributed by atoms with E-state index in [1.54, 1.807) is 0 Å². The highest BCUT2D eigenvalue weighted by atomic mass is 16.5. The Bertz CT molecular complexity index is 521. The van der Waals surface area contributed by atoms with E-state index in [1.807, 2.05) is 0 Å². The first-order valence-electron chi connectivity index (χ1n) is 9.74. The fraction of sp³-hybridized carbons (Fsp3) is 0.700. The summed E-state index contributed by atoms with van der Waals surface area (Å²) in [5, 5.41) is 0. The molecule has 0 bridgehead atoms. The van der Waals surface area contributed by atoms with Crippen molar-refractivity contribution in [3.05, 3.63) is 29.8 Å². The third-order valence-corrected chi connectivity index (χ3v) is 5.90. The molecule has 4 rings (SSSR count). The summed E-state index contributed by atoms with van der Waals surface area (Å²) in [7, 11) is 0. The van der Waals surface area contributed by atoms with Gasteiger partial charge in [0.2, 0.25) is 0 Å². The quantitative estimate of drug-likeness (QED) is 0.823. The molecular weight excluding hydrogens is 298 g/mol. The Morgan fingerprint density at radius 1 is 0.958 bits per heavy atom. The van der Waals surface area contributed by atoms with E-state index in [0.717, 1.165) is 19.1 Å². The van der Waals surface area contributed by atoms with Crippen LogP contribution in [0.25, 0.3) is 0 Å². The summed E-state index contributed by atoms with van der Waals surface area (Å²) < 4.78 is 5.51. The summed E-state index contributed by atoms with van der Waals surface area (Å²) in [5.74, 6) is 0.779. The predicted octanol–water partition coefficient (Wildman–Crippen LogP) is 2.09. The topological polar surface area (TPSA) is 19.0 Å². The van der Waals surface area contributed by atoms with Crippen molar-refractivity contribution in [1.82, 2.24) is 9.80 Å². The third-order valence-electron chi connectivity index (χ3n) is 5.90. The van der Waals surface area contributed by atoms with Crippen LogP contribution >= 0.6 is 0 Å². The standard InChI is InChI=1S/C20H31N3O/c1-2-6-20-19(4-1)5-3-8-23(20)14-13-21-9-11-22(12-10-21)16-18-7-15-24-17-18/h1-2,4,6,18H,3,5,7-17H2/t18-/m0/s1. The van der Waals surface area contributed by atoms with E-state index in [0.29, 0.717) is 0 Å². The lowest BCUT2D eigenvalue weighted by Gasteiger charge is -2.38. The fourth-order valence-corrected chi connectivity index (χ4v) is 4.39. The Morgan fingerprint density at radius 3 is 2.62 bits per heavy atom. The molecule has 3 aliphatic rings. The molecule has 0 radical (unpaired) electrons. The molecule has 1 aromatic carbocycles. The fourth-order valence-electron chi connectivity index (χ4n) is 4.39. The molecule has 0 spiro atoms. The van der Waals surface area contributed by atoms with Gasteiger partial charge in [-0.1, -0.05) is 18.2 Å². The van der Waals surface area contributed by atoms with Crippen LogP contribution in [0.5, 0.6) is 0 Å². The van der Waals surface area contributed by atoms with E-state index in [1.165, 1.54) is 82.9 Å². The lowest BCUT2D eigenvalue weighted by molar-refractivity contribution is 0.112. The Balaban J connectivity index is 1.22. The smallest absolute Gasteiger partial charge is 0.0507 e. The Labute approximate surface area is 146 Å².